The first-order valence-corrected chi connectivity index (χ1v) is 11.5. The Kier molecular flexibility index (Phi) is 6.95. The Balaban J connectivity index is 1.70. The quantitative estimate of drug-likeness (QED) is 0.461. The maximum absolute atomic E-state index is 11.1. The van der Waals surface area contributed by atoms with Gasteiger partial charge in [-0.2, -0.15) is 0 Å². The topological polar surface area (TPSA) is 66.8 Å². The zero-order valence-corrected chi connectivity index (χ0v) is 18.1. The van der Waals surface area contributed by atoms with E-state index >= 15 is 0 Å². The second kappa shape index (κ2) is 10.0. The van der Waals surface area contributed by atoms with E-state index in [4.69, 9.17) is 9.84 Å². The van der Waals surface area contributed by atoms with Crippen LogP contribution >= 0.6 is 11.8 Å². The number of hydrogen-bond donors (Lipinski definition) is 2. The summed E-state index contributed by atoms with van der Waals surface area (Å²) in [5.41, 5.74) is 3.51. The molecular formula is C26H26O4S. The van der Waals surface area contributed by atoms with Gasteiger partial charge in [0.25, 0.3) is 0 Å². The molecule has 2 atom stereocenters. The van der Waals surface area contributed by atoms with Crippen LogP contribution in [0.25, 0.3) is 22.3 Å². The molecule has 0 radical (unpaired) electrons. The minimum absolute atomic E-state index is 0.0796. The standard InChI is InChI=1S/C26H26O4S/c27-25(28)17-30-23-13-7-8-14-24(23)31-20-15-21(18-9-3-1-4-10-18)26(29)22(16-20)19-11-5-2-6-12-19/h1-6,9-12,15-16,23-24,29H,7-8,13-14,17H2,(H,27,28)/t23-,24-/m1/s1. The highest BCUT2D eigenvalue weighted by atomic mass is 32.2. The molecule has 0 saturated heterocycles. The Hall–Kier alpha value is -2.76. The SMILES string of the molecule is O=C(O)CO[C@@H]1CCCC[C@H]1Sc1cc(-c2ccccc2)c(O)c(-c2ccccc2)c1. The molecule has 0 unspecified atom stereocenters. The van der Waals surface area contributed by atoms with Crippen molar-refractivity contribution in [3.05, 3.63) is 72.8 Å². The molecule has 2 N–H and O–H groups in total. The van der Waals surface area contributed by atoms with Gasteiger partial charge in [0.05, 0.1) is 6.10 Å². The average molecular weight is 435 g/mol. The van der Waals surface area contributed by atoms with E-state index in [9.17, 15) is 9.90 Å². The van der Waals surface area contributed by atoms with Crippen molar-refractivity contribution in [1.82, 2.24) is 0 Å². The van der Waals surface area contributed by atoms with Gasteiger partial charge in [-0.15, -0.1) is 11.8 Å². The van der Waals surface area contributed by atoms with Crippen LogP contribution < -0.4 is 0 Å². The van der Waals surface area contributed by atoms with Crippen molar-refractivity contribution in [1.29, 1.82) is 0 Å². The highest BCUT2D eigenvalue weighted by Crippen LogP contribution is 2.44. The van der Waals surface area contributed by atoms with E-state index in [0.29, 0.717) is 0 Å². The largest absolute Gasteiger partial charge is 0.507 e. The summed E-state index contributed by atoms with van der Waals surface area (Å²) in [5.74, 6) is -0.666. The molecule has 1 aliphatic carbocycles. The van der Waals surface area contributed by atoms with E-state index in [1.165, 1.54) is 0 Å². The molecule has 3 aromatic carbocycles. The van der Waals surface area contributed by atoms with Gasteiger partial charge in [-0.3, -0.25) is 0 Å². The molecule has 4 rings (SSSR count). The zero-order chi connectivity index (χ0) is 21.6. The Morgan fingerprint density at radius 3 is 2.00 bits per heavy atom. The van der Waals surface area contributed by atoms with Crippen LogP contribution in [0.15, 0.2) is 77.7 Å². The van der Waals surface area contributed by atoms with Crippen molar-refractivity contribution in [3.63, 3.8) is 0 Å². The number of aromatic hydroxyl groups is 1. The summed E-state index contributed by atoms with van der Waals surface area (Å²) in [6.45, 7) is -0.262. The molecule has 4 nitrogen and oxygen atoms in total. The van der Waals surface area contributed by atoms with Gasteiger partial charge in [0.15, 0.2) is 0 Å². The number of hydrogen-bond acceptors (Lipinski definition) is 4. The third kappa shape index (κ3) is 5.30. The monoisotopic (exact) mass is 434 g/mol. The van der Waals surface area contributed by atoms with Crippen LogP contribution in [-0.2, 0) is 9.53 Å². The summed E-state index contributed by atoms with van der Waals surface area (Å²) >= 11 is 1.72. The molecule has 1 aliphatic rings. The van der Waals surface area contributed by atoms with Gasteiger partial charge in [0.1, 0.15) is 12.4 Å². The average Bonchev–Trinajstić information content (AvgIpc) is 2.80. The number of thioether (sulfide) groups is 1. The lowest BCUT2D eigenvalue weighted by atomic mass is 9.97. The summed E-state index contributed by atoms with van der Waals surface area (Å²) in [4.78, 5) is 12.0. The fourth-order valence-electron chi connectivity index (χ4n) is 4.09. The molecule has 0 bridgehead atoms. The van der Waals surface area contributed by atoms with E-state index < -0.39 is 5.97 Å². The number of benzene rings is 3. The van der Waals surface area contributed by atoms with Gasteiger partial charge in [0, 0.05) is 21.3 Å². The first-order chi connectivity index (χ1) is 15.1. The molecular weight excluding hydrogens is 408 g/mol. The third-order valence-electron chi connectivity index (χ3n) is 5.60. The van der Waals surface area contributed by atoms with Gasteiger partial charge in [-0.1, -0.05) is 73.5 Å². The lowest BCUT2D eigenvalue weighted by Crippen LogP contribution is -2.31. The maximum atomic E-state index is 11.1. The summed E-state index contributed by atoms with van der Waals surface area (Å²) in [5, 5.41) is 20.3. The maximum Gasteiger partial charge on any atom is 0.329 e. The molecule has 0 spiro atoms. The highest BCUT2D eigenvalue weighted by molar-refractivity contribution is 8.00. The Labute approximate surface area is 186 Å². The minimum Gasteiger partial charge on any atom is -0.507 e. The second-order valence-electron chi connectivity index (χ2n) is 7.78. The predicted octanol–water partition coefficient (Wildman–Crippen LogP) is 6.23. The van der Waals surface area contributed by atoms with Crippen LogP contribution in [0, 0.1) is 0 Å². The van der Waals surface area contributed by atoms with Crippen molar-refractivity contribution >= 4 is 17.7 Å². The van der Waals surface area contributed by atoms with Crippen molar-refractivity contribution in [3.8, 4) is 28.0 Å². The van der Waals surface area contributed by atoms with E-state index in [1.807, 2.05) is 72.8 Å². The summed E-state index contributed by atoms with van der Waals surface area (Å²) in [7, 11) is 0. The smallest absolute Gasteiger partial charge is 0.329 e. The Morgan fingerprint density at radius 2 is 1.45 bits per heavy atom. The Bertz CT molecular complexity index is 960. The van der Waals surface area contributed by atoms with Gasteiger partial charge in [-0.05, 0) is 36.1 Å². The lowest BCUT2D eigenvalue weighted by molar-refractivity contribution is -0.144. The van der Waals surface area contributed by atoms with Crippen LogP contribution in [0.5, 0.6) is 5.75 Å². The molecule has 0 heterocycles. The number of ether oxygens (including phenoxy) is 1. The number of rotatable bonds is 7. The summed E-state index contributed by atoms with van der Waals surface area (Å²) in [6.07, 6.45) is 3.95. The van der Waals surface area contributed by atoms with Crippen LogP contribution in [0.1, 0.15) is 25.7 Å². The normalized spacial score (nSPS) is 18.6. The molecule has 0 amide bonds. The van der Waals surface area contributed by atoms with Crippen molar-refractivity contribution in [2.75, 3.05) is 6.61 Å². The van der Waals surface area contributed by atoms with Crippen LogP contribution in [0.4, 0.5) is 0 Å². The van der Waals surface area contributed by atoms with E-state index in [-0.39, 0.29) is 23.7 Å². The fraction of sp³-hybridized carbons (Fsp3) is 0.269. The molecule has 1 saturated carbocycles. The van der Waals surface area contributed by atoms with Crippen molar-refractivity contribution in [2.45, 2.75) is 41.9 Å². The summed E-state index contributed by atoms with van der Waals surface area (Å²) < 4.78 is 5.71. The molecule has 5 heteroatoms. The number of phenolic OH excluding ortho intramolecular Hbond substituents is 1. The minimum atomic E-state index is -0.934. The van der Waals surface area contributed by atoms with Crippen LogP contribution in [0.3, 0.4) is 0 Å². The van der Waals surface area contributed by atoms with Crippen LogP contribution in [0.2, 0.25) is 0 Å². The van der Waals surface area contributed by atoms with Gasteiger partial charge >= 0.3 is 5.97 Å². The Morgan fingerprint density at radius 1 is 0.903 bits per heavy atom. The number of phenols is 1. The third-order valence-corrected chi connectivity index (χ3v) is 6.95. The molecule has 1 fully saturated rings. The summed E-state index contributed by atoms with van der Waals surface area (Å²) in [6, 6.07) is 23.8. The molecule has 0 aliphatic heterocycles. The van der Waals surface area contributed by atoms with E-state index in [2.05, 4.69) is 0 Å². The number of carboxylic acid groups (broad SMARTS) is 1. The molecule has 0 aromatic heterocycles. The zero-order valence-electron chi connectivity index (χ0n) is 17.2. The highest BCUT2D eigenvalue weighted by Gasteiger charge is 2.28. The van der Waals surface area contributed by atoms with Crippen molar-refractivity contribution in [2.24, 2.45) is 0 Å². The fourth-order valence-corrected chi connectivity index (χ4v) is 5.47. The van der Waals surface area contributed by atoms with Gasteiger partial charge < -0.3 is 14.9 Å². The van der Waals surface area contributed by atoms with Gasteiger partial charge in [-0.25, -0.2) is 4.79 Å². The lowest BCUT2D eigenvalue weighted by Gasteiger charge is -2.31. The predicted molar refractivity (Wildman–Crippen MR) is 124 cm³/mol. The second-order valence-corrected chi connectivity index (χ2v) is 9.10. The molecule has 31 heavy (non-hydrogen) atoms. The van der Waals surface area contributed by atoms with Gasteiger partial charge in [0.2, 0.25) is 0 Å². The van der Waals surface area contributed by atoms with Crippen molar-refractivity contribution < 1.29 is 19.7 Å². The van der Waals surface area contributed by atoms with Crippen LogP contribution in [-0.4, -0.2) is 34.1 Å². The molecule has 3 aromatic rings. The first kappa shape index (κ1) is 21.5. The number of carbonyl (C=O) groups is 1. The van der Waals surface area contributed by atoms with E-state index in [1.54, 1.807) is 11.8 Å². The van der Waals surface area contributed by atoms with E-state index in [0.717, 1.165) is 52.8 Å². The number of carboxylic acids is 1. The molecule has 160 valence electrons. The first-order valence-electron chi connectivity index (χ1n) is 10.6. The number of aliphatic carboxylic acids is 1.